The molecule has 128 valence electrons. The van der Waals surface area contributed by atoms with E-state index in [1.165, 1.54) is 30.8 Å². The lowest BCUT2D eigenvalue weighted by Gasteiger charge is -2.22. The van der Waals surface area contributed by atoms with E-state index in [4.69, 9.17) is 4.99 Å². The monoisotopic (exact) mass is 351 g/mol. The van der Waals surface area contributed by atoms with Gasteiger partial charge in [0.15, 0.2) is 0 Å². The lowest BCUT2D eigenvalue weighted by molar-refractivity contribution is -0.917. The second-order valence-corrected chi connectivity index (χ2v) is 7.63. The Morgan fingerprint density at radius 3 is 2.72 bits per heavy atom. The van der Waals surface area contributed by atoms with Gasteiger partial charge in [0, 0.05) is 24.6 Å². The Bertz CT molecular complexity index is 867. The number of rotatable bonds is 5. The zero-order valence-electron chi connectivity index (χ0n) is 14.2. The van der Waals surface area contributed by atoms with Crippen molar-refractivity contribution in [3.63, 3.8) is 0 Å². The smallest absolute Gasteiger partial charge is 0.142 e. The molecule has 4 heteroatoms. The largest absolute Gasteiger partial charge is 0.507 e. The minimum Gasteiger partial charge on any atom is -0.507 e. The molecule has 0 radical (unpaired) electrons. The molecule has 1 fully saturated rings. The maximum atomic E-state index is 10.3. The topological polar surface area (TPSA) is 37.0 Å². The Morgan fingerprint density at radius 2 is 1.92 bits per heavy atom. The van der Waals surface area contributed by atoms with Crippen molar-refractivity contribution in [3.05, 3.63) is 64.4 Å². The van der Waals surface area contributed by atoms with Crippen molar-refractivity contribution in [1.29, 1.82) is 0 Å². The molecular formula is C21H23N2OS+. The van der Waals surface area contributed by atoms with Gasteiger partial charge in [0.1, 0.15) is 11.8 Å². The first kappa shape index (κ1) is 16.3. The van der Waals surface area contributed by atoms with Crippen LogP contribution in [0, 0.1) is 0 Å². The summed E-state index contributed by atoms with van der Waals surface area (Å²) in [6.45, 7) is 3.23. The molecule has 0 amide bonds. The van der Waals surface area contributed by atoms with Crippen LogP contribution in [0.1, 0.15) is 29.3 Å². The minimum atomic E-state index is 0.295. The van der Waals surface area contributed by atoms with Crippen LogP contribution in [0.3, 0.4) is 0 Å². The highest BCUT2D eigenvalue weighted by Gasteiger charge is 2.27. The number of benzene rings is 2. The molecule has 2 N–H and O–H groups in total. The summed E-state index contributed by atoms with van der Waals surface area (Å²) in [5, 5.41) is 14.6. The number of nitrogens with one attached hydrogen (secondary N) is 1. The maximum Gasteiger partial charge on any atom is 0.142 e. The summed E-state index contributed by atoms with van der Waals surface area (Å²) in [4.78, 5) is 7.81. The van der Waals surface area contributed by atoms with Gasteiger partial charge in [-0.15, -0.1) is 11.3 Å². The first-order chi connectivity index (χ1) is 12.3. The Morgan fingerprint density at radius 1 is 1.08 bits per heavy atom. The zero-order chi connectivity index (χ0) is 17.1. The Labute approximate surface area is 152 Å². The first-order valence-electron chi connectivity index (χ1n) is 8.91. The summed E-state index contributed by atoms with van der Waals surface area (Å²) in [6.07, 6.45) is 4.48. The van der Waals surface area contributed by atoms with Crippen LogP contribution < -0.4 is 4.90 Å². The minimum absolute atomic E-state index is 0.295. The summed E-state index contributed by atoms with van der Waals surface area (Å²) < 4.78 is 0. The molecule has 1 aromatic heterocycles. The highest BCUT2D eigenvalue weighted by Crippen LogP contribution is 2.25. The molecule has 4 rings (SSSR count). The van der Waals surface area contributed by atoms with Gasteiger partial charge in [0.2, 0.25) is 0 Å². The number of phenolic OH excluding ortho intramolecular Hbond substituents is 1. The van der Waals surface area contributed by atoms with E-state index in [2.05, 4.69) is 23.6 Å². The summed E-state index contributed by atoms with van der Waals surface area (Å²) in [5.74, 6) is 0.295. The average Bonchev–Trinajstić information content (AvgIpc) is 3.34. The third kappa shape index (κ3) is 3.46. The molecule has 1 saturated heterocycles. The summed E-state index contributed by atoms with van der Waals surface area (Å²) in [5.41, 5.74) is 0.819. The van der Waals surface area contributed by atoms with Gasteiger partial charge in [-0.05, 0) is 28.3 Å². The number of likely N-dealkylation sites (tertiary alicyclic amines) is 1. The average molecular weight is 351 g/mol. The van der Waals surface area contributed by atoms with Crippen molar-refractivity contribution in [2.75, 3.05) is 19.6 Å². The van der Waals surface area contributed by atoms with Crippen molar-refractivity contribution in [3.8, 4) is 5.75 Å². The van der Waals surface area contributed by atoms with E-state index < -0.39 is 0 Å². The van der Waals surface area contributed by atoms with E-state index >= 15 is 0 Å². The molecular weight excluding hydrogens is 328 g/mol. The maximum absolute atomic E-state index is 10.3. The summed E-state index contributed by atoms with van der Waals surface area (Å²) in [6, 6.07) is 16.6. The van der Waals surface area contributed by atoms with Crippen LogP contribution in [-0.4, -0.2) is 31.0 Å². The fourth-order valence-electron chi connectivity index (χ4n) is 3.76. The Kier molecular flexibility index (Phi) is 4.81. The second-order valence-electron chi connectivity index (χ2n) is 6.65. The molecule has 0 saturated carbocycles. The van der Waals surface area contributed by atoms with E-state index in [1.54, 1.807) is 11.0 Å². The van der Waals surface area contributed by atoms with Crippen LogP contribution in [0.2, 0.25) is 0 Å². The van der Waals surface area contributed by atoms with Crippen LogP contribution in [0.4, 0.5) is 0 Å². The van der Waals surface area contributed by atoms with E-state index in [0.717, 1.165) is 22.9 Å². The van der Waals surface area contributed by atoms with E-state index in [9.17, 15) is 5.11 Å². The van der Waals surface area contributed by atoms with Crippen LogP contribution in [0.25, 0.3) is 10.8 Å². The lowest BCUT2D eigenvalue weighted by atomic mass is 10.0. The molecule has 3 nitrogen and oxygen atoms in total. The third-order valence-electron chi connectivity index (χ3n) is 5.08. The van der Waals surface area contributed by atoms with Gasteiger partial charge < -0.3 is 10.0 Å². The van der Waals surface area contributed by atoms with Crippen molar-refractivity contribution >= 4 is 28.3 Å². The zero-order valence-corrected chi connectivity index (χ0v) is 15.0. The predicted octanol–water partition coefficient (Wildman–Crippen LogP) is 3.45. The highest BCUT2D eigenvalue weighted by molar-refractivity contribution is 7.10. The van der Waals surface area contributed by atoms with E-state index in [1.807, 2.05) is 41.8 Å². The lowest BCUT2D eigenvalue weighted by Crippen LogP contribution is -3.10. The fourth-order valence-corrected chi connectivity index (χ4v) is 4.63. The van der Waals surface area contributed by atoms with Gasteiger partial charge in [-0.3, -0.25) is 4.99 Å². The van der Waals surface area contributed by atoms with Crippen molar-refractivity contribution in [2.45, 2.75) is 18.9 Å². The van der Waals surface area contributed by atoms with Crippen molar-refractivity contribution in [2.24, 2.45) is 4.99 Å². The molecule has 25 heavy (non-hydrogen) atoms. The second kappa shape index (κ2) is 7.38. The molecule has 3 aromatic rings. The van der Waals surface area contributed by atoms with Gasteiger partial charge in [-0.1, -0.05) is 36.4 Å². The molecule has 1 aliphatic heterocycles. The number of thiophene rings is 1. The van der Waals surface area contributed by atoms with Gasteiger partial charge in [0.25, 0.3) is 0 Å². The molecule has 2 aromatic carbocycles. The normalized spacial score (nSPS) is 16.8. The quantitative estimate of drug-likeness (QED) is 0.679. The van der Waals surface area contributed by atoms with Crippen molar-refractivity contribution < 1.29 is 10.0 Å². The number of aliphatic imine (C=N–C) groups is 1. The number of aromatic hydroxyl groups is 1. The molecule has 0 bridgehead atoms. The first-order valence-corrected chi connectivity index (χ1v) is 9.79. The third-order valence-corrected chi connectivity index (χ3v) is 6.07. The van der Waals surface area contributed by atoms with E-state index in [-0.39, 0.29) is 0 Å². The predicted molar refractivity (Wildman–Crippen MR) is 105 cm³/mol. The molecule has 2 heterocycles. The number of hydrogen-bond acceptors (Lipinski definition) is 3. The van der Waals surface area contributed by atoms with Gasteiger partial charge >= 0.3 is 0 Å². The molecule has 0 spiro atoms. The van der Waals surface area contributed by atoms with Gasteiger partial charge in [-0.2, -0.15) is 0 Å². The van der Waals surface area contributed by atoms with Gasteiger partial charge in [0.05, 0.1) is 24.5 Å². The summed E-state index contributed by atoms with van der Waals surface area (Å²) in [7, 11) is 0. The SMILES string of the molecule is Oc1ccc2ccccc2c1C=NC[C@H](c1cccs1)[NH+]1CCCC1. The number of quaternary nitrogens is 1. The van der Waals surface area contributed by atoms with Crippen LogP contribution in [-0.2, 0) is 0 Å². The van der Waals surface area contributed by atoms with E-state index in [0.29, 0.717) is 11.8 Å². The highest BCUT2D eigenvalue weighted by atomic mass is 32.1. The molecule has 0 unspecified atom stereocenters. The molecule has 0 aliphatic carbocycles. The van der Waals surface area contributed by atoms with Crippen LogP contribution in [0.15, 0.2) is 58.9 Å². The Balaban J connectivity index is 1.60. The number of phenols is 1. The number of nitrogens with zero attached hydrogens (tertiary/aromatic N) is 1. The fraction of sp³-hybridized carbons (Fsp3) is 0.286. The van der Waals surface area contributed by atoms with Crippen LogP contribution in [0.5, 0.6) is 5.75 Å². The van der Waals surface area contributed by atoms with Crippen molar-refractivity contribution in [1.82, 2.24) is 0 Å². The standard InChI is InChI=1S/C21H22N2OS/c24-20-10-9-16-6-1-2-7-17(16)18(20)14-22-15-19(21-8-5-13-25-21)23-11-3-4-12-23/h1-2,5-10,13-14,19,24H,3-4,11-12,15H2/p+1/t19-/m1/s1. The molecule has 1 aliphatic rings. The molecule has 1 atom stereocenters. The Hall–Kier alpha value is -2.17. The van der Waals surface area contributed by atoms with Gasteiger partial charge in [-0.25, -0.2) is 0 Å². The van der Waals surface area contributed by atoms with Crippen LogP contribution >= 0.6 is 11.3 Å². The number of hydrogen-bond donors (Lipinski definition) is 2. The summed E-state index contributed by atoms with van der Waals surface area (Å²) >= 11 is 1.83. The number of fused-ring (bicyclic) bond motifs is 1.